The molecule has 0 aliphatic rings. The molecule has 2 heterocycles. The van der Waals surface area contributed by atoms with Crippen molar-refractivity contribution in [3.63, 3.8) is 0 Å². The highest BCUT2D eigenvalue weighted by atomic mass is 32.1. The third-order valence-corrected chi connectivity index (χ3v) is 2.23. The molecule has 0 unspecified atom stereocenters. The minimum Gasteiger partial charge on any atom is -0.261 e. The largest absolute Gasteiger partial charge is 0.261 e. The van der Waals surface area contributed by atoms with E-state index in [0.29, 0.717) is 0 Å². The molecule has 0 amide bonds. The van der Waals surface area contributed by atoms with Gasteiger partial charge in [0, 0.05) is 17.5 Å². The molecule has 0 bridgehead atoms. The maximum Gasteiger partial charge on any atom is 0.145 e. The van der Waals surface area contributed by atoms with Gasteiger partial charge in [0.1, 0.15) is 11.3 Å². The van der Waals surface area contributed by atoms with E-state index in [2.05, 4.69) is 14.3 Å². The normalized spacial score (nSPS) is 10.1. The van der Waals surface area contributed by atoms with Gasteiger partial charge in [0.05, 0.1) is 0 Å². The number of hydrogen-bond acceptors (Lipinski definition) is 4. The highest BCUT2D eigenvalue weighted by Gasteiger charge is 1.99. The fraction of sp³-hybridized carbons (Fsp3) is 0.125. The highest BCUT2D eigenvalue weighted by Crippen LogP contribution is 2.18. The summed E-state index contributed by atoms with van der Waals surface area (Å²) in [5.74, 6) is 0. The van der Waals surface area contributed by atoms with E-state index >= 15 is 0 Å². The van der Waals surface area contributed by atoms with Crippen molar-refractivity contribution in [2.24, 2.45) is 0 Å². The molecule has 60 valence electrons. The van der Waals surface area contributed by atoms with Crippen LogP contribution in [-0.4, -0.2) is 14.3 Å². The van der Waals surface area contributed by atoms with Gasteiger partial charge in [-0.15, -0.1) is 0 Å². The molecule has 0 aliphatic heterocycles. The summed E-state index contributed by atoms with van der Waals surface area (Å²) in [5.41, 5.74) is 2.05. The zero-order valence-corrected chi connectivity index (χ0v) is 7.38. The first-order valence-electron chi connectivity index (χ1n) is 3.56. The summed E-state index contributed by atoms with van der Waals surface area (Å²) in [5, 5.41) is 0.919. The number of hydrogen-bond donors (Lipinski definition) is 0. The van der Waals surface area contributed by atoms with Gasteiger partial charge >= 0.3 is 0 Å². The molecule has 4 heteroatoms. The molecule has 0 saturated heterocycles. The Balaban J connectivity index is 2.43. The van der Waals surface area contributed by atoms with Gasteiger partial charge in [-0.3, -0.25) is 4.98 Å². The lowest BCUT2D eigenvalue weighted by Crippen LogP contribution is -1.80. The molecule has 0 fully saturated rings. The minimum atomic E-state index is 0.919. The van der Waals surface area contributed by atoms with Gasteiger partial charge in [-0.05, 0) is 30.6 Å². The summed E-state index contributed by atoms with van der Waals surface area (Å²) in [7, 11) is 0. The Morgan fingerprint density at radius 3 is 2.75 bits per heavy atom. The number of nitrogens with zero attached hydrogens (tertiary/aromatic N) is 3. The van der Waals surface area contributed by atoms with E-state index in [-0.39, 0.29) is 0 Å². The smallest absolute Gasteiger partial charge is 0.145 e. The molecule has 0 saturated carbocycles. The van der Waals surface area contributed by atoms with Crippen molar-refractivity contribution in [1.29, 1.82) is 0 Å². The van der Waals surface area contributed by atoms with E-state index in [1.54, 1.807) is 6.33 Å². The van der Waals surface area contributed by atoms with E-state index in [4.69, 9.17) is 0 Å². The lowest BCUT2D eigenvalue weighted by atomic mass is 10.3. The van der Waals surface area contributed by atoms with Crippen LogP contribution in [0.3, 0.4) is 0 Å². The first kappa shape index (κ1) is 7.36. The molecule has 12 heavy (non-hydrogen) atoms. The maximum absolute atomic E-state index is 4.17. The maximum atomic E-state index is 4.17. The monoisotopic (exact) mass is 177 g/mol. The number of pyridine rings is 1. The first-order valence-corrected chi connectivity index (χ1v) is 4.33. The second-order valence-corrected chi connectivity index (χ2v) is 3.21. The van der Waals surface area contributed by atoms with Crippen LogP contribution in [0.2, 0.25) is 0 Å². The predicted molar refractivity (Wildman–Crippen MR) is 47.9 cm³/mol. The van der Waals surface area contributed by atoms with E-state index < -0.39 is 0 Å². The van der Waals surface area contributed by atoms with E-state index in [0.717, 1.165) is 16.3 Å². The van der Waals surface area contributed by atoms with Gasteiger partial charge in [-0.25, -0.2) is 4.98 Å². The van der Waals surface area contributed by atoms with Gasteiger partial charge < -0.3 is 0 Å². The van der Waals surface area contributed by atoms with Crippen LogP contribution in [0.4, 0.5) is 0 Å². The van der Waals surface area contributed by atoms with Crippen LogP contribution in [0.5, 0.6) is 0 Å². The van der Waals surface area contributed by atoms with Gasteiger partial charge in [0.25, 0.3) is 0 Å². The third kappa shape index (κ3) is 1.33. The number of aryl methyl sites for hydroxylation is 1. The Morgan fingerprint density at radius 2 is 2.17 bits per heavy atom. The van der Waals surface area contributed by atoms with E-state index in [9.17, 15) is 0 Å². The van der Waals surface area contributed by atoms with Crippen LogP contribution in [0.25, 0.3) is 10.6 Å². The molecule has 0 radical (unpaired) electrons. The van der Waals surface area contributed by atoms with E-state index in [1.165, 1.54) is 11.5 Å². The zero-order valence-electron chi connectivity index (χ0n) is 6.56. The highest BCUT2D eigenvalue weighted by molar-refractivity contribution is 7.09. The number of aromatic nitrogens is 3. The van der Waals surface area contributed by atoms with Gasteiger partial charge in [-0.1, -0.05) is 0 Å². The Bertz CT molecular complexity index is 352. The Labute approximate surface area is 74.3 Å². The van der Waals surface area contributed by atoms with Gasteiger partial charge in [0.2, 0.25) is 0 Å². The molecular weight excluding hydrogens is 170 g/mol. The van der Waals surface area contributed by atoms with Crippen molar-refractivity contribution in [1.82, 2.24) is 14.3 Å². The summed E-state index contributed by atoms with van der Waals surface area (Å²) < 4.78 is 3.92. The first-order chi connectivity index (χ1) is 5.86. The standard InChI is InChI=1S/C8H7N3S/c1-6-2-3-7(4-9-6)8-10-5-11-12-8/h2-5H,1H3. The van der Waals surface area contributed by atoms with Crippen LogP contribution >= 0.6 is 11.5 Å². The van der Waals surface area contributed by atoms with Crippen molar-refractivity contribution < 1.29 is 0 Å². The SMILES string of the molecule is Cc1ccc(-c2ncns2)cn1. The second-order valence-electron chi connectivity index (χ2n) is 2.43. The summed E-state index contributed by atoms with van der Waals surface area (Å²) in [4.78, 5) is 8.26. The Kier molecular flexibility index (Phi) is 1.83. The lowest BCUT2D eigenvalue weighted by Gasteiger charge is -1.93. The molecule has 0 spiro atoms. The molecule has 0 atom stereocenters. The molecule has 2 aromatic heterocycles. The average molecular weight is 177 g/mol. The molecule has 0 aliphatic carbocycles. The predicted octanol–water partition coefficient (Wildman–Crippen LogP) is 1.91. The van der Waals surface area contributed by atoms with Crippen molar-refractivity contribution in [3.05, 3.63) is 30.4 Å². The fourth-order valence-electron chi connectivity index (χ4n) is 0.895. The molecule has 0 N–H and O–H groups in total. The third-order valence-electron chi connectivity index (χ3n) is 1.52. The van der Waals surface area contributed by atoms with Crippen LogP contribution in [0.1, 0.15) is 5.69 Å². The Hall–Kier alpha value is -1.29. The minimum absolute atomic E-state index is 0.919. The summed E-state index contributed by atoms with van der Waals surface area (Å²) >= 11 is 1.38. The second kappa shape index (κ2) is 2.98. The summed E-state index contributed by atoms with van der Waals surface area (Å²) in [6.45, 7) is 1.96. The van der Waals surface area contributed by atoms with Crippen LogP contribution in [-0.2, 0) is 0 Å². The number of rotatable bonds is 1. The molecule has 2 aromatic rings. The quantitative estimate of drug-likeness (QED) is 0.667. The summed E-state index contributed by atoms with van der Waals surface area (Å²) in [6.07, 6.45) is 3.37. The molecular formula is C8H7N3S. The van der Waals surface area contributed by atoms with Gasteiger partial charge in [-0.2, -0.15) is 4.37 Å². The van der Waals surface area contributed by atoms with Crippen molar-refractivity contribution in [3.8, 4) is 10.6 Å². The van der Waals surface area contributed by atoms with Gasteiger partial charge in [0.15, 0.2) is 0 Å². The molecule has 2 rings (SSSR count). The fourth-order valence-corrected chi connectivity index (χ4v) is 1.41. The Morgan fingerprint density at radius 1 is 1.25 bits per heavy atom. The topological polar surface area (TPSA) is 38.7 Å². The van der Waals surface area contributed by atoms with Crippen molar-refractivity contribution in [2.45, 2.75) is 6.92 Å². The van der Waals surface area contributed by atoms with Crippen molar-refractivity contribution >= 4 is 11.5 Å². The molecule has 3 nitrogen and oxygen atoms in total. The summed E-state index contributed by atoms with van der Waals surface area (Å²) in [6, 6.07) is 3.97. The van der Waals surface area contributed by atoms with Crippen LogP contribution in [0, 0.1) is 6.92 Å². The zero-order chi connectivity index (χ0) is 8.39. The molecule has 0 aromatic carbocycles. The lowest BCUT2D eigenvalue weighted by molar-refractivity contribution is 1.20. The van der Waals surface area contributed by atoms with Crippen LogP contribution in [0.15, 0.2) is 24.7 Å². The van der Waals surface area contributed by atoms with E-state index in [1.807, 2.05) is 25.3 Å². The van der Waals surface area contributed by atoms with Crippen LogP contribution < -0.4 is 0 Å². The van der Waals surface area contributed by atoms with Crippen molar-refractivity contribution in [2.75, 3.05) is 0 Å². The average Bonchev–Trinajstić information content (AvgIpc) is 2.58.